The van der Waals surface area contributed by atoms with Crippen LogP contribution in [0.3, 0.4) is 0 Å². The molecule has 0 spiro atoms. The molecule has 0 aliphatic carbocycles. The molecule has 122 valence electrons. The second-order valence-corrected chi connectivity index (χ2v) is 5.86. The first-order valence-corrected chi connectivity index (χ1v) is 7.90. The van der Waals surface area contributed by atoms with Gasteiger partial charge < -0.3 is 10.2 Å². The van der Waals surface area contributed by atoms with Crippen LogP contribution >= 0.6 is 11.6 Å². The van der Waals surface area contributed by atoms with Crippen LogP contribution in [0.15, 0.2) is 36.7 Å². The van der Waals surface area contributed by atoms with Crippen molar-refractivity contribution in [1.82, 2.24) is 20.2 Å². The van der Waals surface area contributed by atoms with Gasteiger partial charge in [0, 0.05) is 30.4 Å². The highest BCUT2D eigenvalue weighted by molar-refractivity contribution is 6.31. The van der Waals surface area contributed by atoms with Gasteiger partial charge in [-0.3, -0.25) is 4.79 Å². The van der Waals surface area contributed by atoms with Crippen molar-refractivity contribution in [3.05, 3.63) is 58.6 Å². The Morgan fingerprint density at radius 2 is 1.91 bits per heavy atom. The zero-order valence-corrected chi connectivity index (χ0v) is 14.3. The van der Waals surface area contributed by atoms with Crippen LogP contribution in [0.4, 0.5) is 0 Å². The fourth-order valence-corrected chi connectivity index (χ4v) is 2.52. The van der Waals surface area contributed by atoms with Crippen molar-refractivity contribution in [3.63, 3.8) is 0 Å². The monoisotopic (exact) mass is 332 g/mol. The molecule has 0 aliphatic rings. The molecule has 0 unspecified atom stereocenters. The maximum absolute atomic E-state index is 12.2. The van der Waals surface area contributed by atoms with Crippen LogP contribution < -0.4 is 5.32 Å². The summed E-state index contributed by atoms with van der Waals surface area (Å²) in [6.45, 7) is 2.42. The first-order valence-electron chi connectivity index (χ1n) is 7.53. The highest BCUT2D eigenvalue weighted by Gasteiger charge is 2.18. The number of likely N-dealkylation sites (N-methyl/N-ethyl adjacent to an activating group) is 1. The van der Waals surface area contributed by atoms with Gasteiger partial charge in [-0.1, -0.05) is 36.7 Å². The molecule has 5 nitrogen and oxygen atoms in total. The van der Waals surface area contributed by atoms with Crippen molar-refractivity contribution in [3.8, 4) is 0 Å². The highest BCUT2D eigenvalue weighted by atomic mass is 35.5. The molecule has 6 heteroatoms. The summed E-state index contributed by atoms with van der Waals surface area (Å²) >= 11 is 6.27. The van der Waals surface area contributed by atoms with Gasteiger partial charge in [-0.05, 0) is 25.7 Å². The smallest absolute Gasteiger partial charge is 0.254 e. The summed E-state index contributed by atoms with van der Waals surface area (Å²) < 4.78 is 0. The fraction of sp³-hybridized carbons (Fsp3) is 0.353. The third-order valence-corrected chi connectivity index (χ3v) is 3.97. The van der Waals surface area contributed by atoms with Crippen molar-refractivity contribution in [1.29, 1.82) is 0 Å². The van der Waals surface area contributed by atoms with E-state index < -0.39 is 0 Å². The van der Waals surface area contributed by atoms with Crippen LogP contribution in [0, 0.1) is 0 Å². The van der Waals surface area contributed by atoms with E-state index in [0.29, 0.717) is 17.1 Å². The van der Waals surface area contributed by atoms with Gasteiger partial charge in [0.15, 0.2) is 0 Å². The van der Waals surface area contributed by atoms with E-state index in [2.05, 4.69) is 15.3 Å². The molecule has 2 rings (SSSR count). The summed E-state index contributed by atoms with van der Waals surface area (Å²) in [7, 11) is 3.92. The topological polar surface area (TPSA) is 58.1 Å². The first kappa shape index (κ1) is 17.4. The van der Waals surface area contributed by atoms with E-state index in [0.717, 1.165) is 17.8 Å². The molecule has 1 heterocycles. The summed E-state index contributed by atoms with van der Waals surface area (Å²) in [5.74, 6) is 0.537. The van der Waals surface area contributed by atoms with Crippen LogP contribution in [0.25, 0.3) is 0 Å². The Bertz CT molecular complexity index is 658. The molecule has 1 amide bonds. The third kappa shape index (κ3) is 4.50. The van der Waals surface area contributed by atoms with Crippen LogP contribution in [0.5, 0.6) is 0 Å². The van der Waals surface area contributed by atoms with E-state index in [-0.39, 0.29) is 11.9 Å². The summed E-state index contributed by atoms with van der Waals surface area (Å²) in [6, 6.07) is 7.65. The number of rotatable bonds is 6. The number of hydrogen-bond acceptors (Lipinski definition) is 4. The molecule has 0 aliphatic heterocycles. The minimum atomic E-state index is -0.188. The van der Waals surface area contributed by atoms with Gasteiger partial charge in [-0.2, -0.15) is 0 Å². The van der Waals surface area contributed by atoms with Crippen LogP contribution in [0.1, 0.15) is 34.7 Å². The highest BCUT2D eigenvalue weighted by Crippen LogP contribution is 2.25. The maximum Gasteiger partial charge on any atom is 0.254 e. The second kappa shape index (κ2) is 8.04. The molecule has 1 aromatic heterocycles. The normalized spacial score (nSPS) is 12.2. The number of hydrogen-bond donors (Lipinski definition) is 1. The summed E-state index contributed by atoms with van der Waals surface area (Å²) in [4.78, 5) is 22.6. The average molecular weight is 333 g/mol. The standard InChI is InChI=1S/C17H21ClN4O/c1-4-16-19-9-12(10-20-16)17(23)21-11-15(22(2)3)13-7-5-6-8-14(13)18/h5-10,15H,4,11H2,1-3H3,(H,21,23)/t15-/m1/s1. The van der Waals surface area contributed by atoms with Gasteiger partial charge in [0.2, 0.25) is 0 Å². The Kier molecular flexibility index (Phi) is 6.07. The number of halogens is 1. The number of carbonyl (C=O) groups excluding carboxylic acids is 1. The van der Waals surface area contributed by atoms with E-state index in [1.165, 1.54) is 0 Å². The van der Waals surface area contributed by atoms with Crippen molar-refractivity contribution in [2.75, 3.05) is 20.6 Å². The molecule has 0 radical (unpaired) electrons. The minimum Gasteiger partial charge on any atom is -0.350 e. The molecule has 1 N–H and O–H groups in total. The second-order valence-electron chi connectivity index (χ2n) is 5.45. The Hall–Kier alpha value is -1.98. The minimum absolute atomic E-state index is 0.0107. The lowest BCUT2D eigenvalue weighted by Gasteiger charge is -2.26. The third-order valence-electron chi connectivity index (χ3n) is 3.63. The van der Waals surface area contributed by atoms with Crippen LogP contribution in [0.2, 0.25) is 5.02 Å². The van der Waals surface area contributed by atoms with Crippen molar-refractivity contribution < 1.29 is 4.79 Å². The lowest BCUT2D eigenvalue weighted by Crippen LogP contribution is -2.34. The van der Waals surface area contributed by atoms with E-state index in [1.807, 2.05) is 50.2 Å². The summed E-state index contributed by atoms with van der Waals surface area (Å²) in [5, 5.41) is 3.62. The van der Waals surface area contributed by atoms with E-state index in [1.54, 1.807) is 12.4 Å². The molecule has 0 bridgehead atoms. The fourth-order valence-electron chi connectivity index (χ4n) is 2.26. The van der Waals surface area contributed by atoms with E-state index >= 15 is 0 Å². The predicted molar refractivity (Wildman–Crippen MR) is 91.6 cm³/mol. The quantitative estimate of drug-likeness (QED) is 0.883. The van der Waals surface area contributed by atoms with Gasteiger partial charge in [0.1, 0.15) is 5.82 Å². The van der Waals surface area contributed by atoms with Gasteiger partial charge in [-0.25, -0.2) is 9.97 Å². The molecule has 0 fully saturated rings. The maximum atomic E-state index is 12.2. The summed E-state index contributed by atoms with van der Waals surface area (Å²) in [6.07, 6.45) is 3.86. The molecule has 2 aromatic rings. The van der Waals surface area contributed by atoms with E-state index in [4.69, 9.17) is 11.6 Å². The van der Waals surface area contributed by atoms with Gasteiger partial charge in [0.25, 0.3) is 5.91 Å². The van der Waals surface area contributed by atoms with Crippen LogP contribution in [-0.4, -0.2) is 41.4 Å². The number of nitrogens with one attached hydrogen (secondary N) is 1. The largest absolute Gasteiger partial charge is 0.350 e. The van der Waals surface area contributed by atoms with E-state index in [9.17, 15) is 4.79 Å². The Morgan fingerprint density at radius 3 is 2.48 bits per heavy atom. The van der Waals surface area contributed by atoms with Gasteiger partial charge >= 0.3 is 0 Å². The predicted octanol–water partition coefficient (Wildman–Crippen LogP) is 2.73. The SMILES string of the molecule is CCc1ncc(C(=O)NC[C@H](c2ccccc2Cl)N(C)C)cn1. The molecular weight excluding hydrogens is 312 g/mol. The molecule has 0 saturated heterocycles. The number of benzene rings is 1. The molecule has 23 heavy (non-hydrogen) atoms. The number of aryl methyl sites for hydroxylation is 1. The van der Waals surface area contributed by atoms with Crippen molar-refractivity contribution >= 4 is 17.5 Å². The Morgan fingerprint density at radius 1 is 1.26 bits per heavy atom. The first-order chi connectivity index (χ1) is 11.0. The number of carbonyl (C=O) groups is 1. The molecule has 1 aromatic carbocycles. The Balaban J connectivity index is 2.06. The lowest BCUT2D eigenvalue weighted by atomic mass is 10.1. The number of aromatic nitrogens is 2. The lowest BCUT2D eigenvalue weighted by molar-refractivity contribution is 0.0941. The number of nitrogens with zero attached hydrogens (tertiary/aromatic N) is 3. The van der Waals surface area contributed by atoms with Gasteiger partial charge in [-0.15, -0.1) is 0 Å². The van der Waals surface area contributed by atoms with Gasteiger partial charge in [0.05, 0.1) is 11.6 Å². The summed E-state index contributed by atoms with van der Waals surface area (Å²) in [5.41, 5.74) is 1.44. The van der Waals surface area contributed by atoms with Crippen molar-refractivity contribution in [2.24, 2.45) is 0 Å². The van der Waals surface area contributed by atoms with Crippen LogP contribution in [-0.2, 0) is 6.42 Å². The number of amides is 1. The molecule has 1 atom stereocenters. The van der Waals surface area contributed by atoms with Crippen molar-refractivity contribution in [2.45, 2.75) is 19.4 Å². The Labute approximate surface area is 141 Å². The molecule has 0 saturated carbocycles. The average Bonchev–Trinajstić information content (AvgIpc) is 2.56. The zero-order chi connectivity index (χ0) is 16.8. The molecular formula is C17H21ClN4O. The zero-order valence-electron chi connectivity index (χ0n) is 13.6.